The van der Waals surface area contributed by atoms with Crippen LogP contribution in [0.15, 0.2) is 11.2 Å². The number of hydrogen-bond acceptors (Lipinski definition) is 7. The fourth-order valence-electron chi connectivity index (χ4n) is 1.90. The van der Waals surface area contributed by atoms with E-state index in [1.807, 2.05) is 40.7 Å². The molecule has 1 amide bonds. The van der Waals surface area contributed by atoms with Crippen molar-refractivity contribution in [2.45, 2.75) is 57.4 Å². The van der Waals surface area contributed by atoms with Gasteiger partial charge in [0.15, 0.2) is 5.16 Å². The fourth-order valence-corrected chi connectivity index (χ4v) is 3.63. The number of carbonyl (C=O) groups excluding carboxylic acids is 1. The average Bonchev–Trinajstić information content (AvgIpc) is 2.92. The van der Waals surface area contributed by atoms with Crippen molar-refractivity contribution >= 4 is 34.1 Å². The van der Waals surface area contributed by atoms with Crippen LogP contribution in [0.4, 0.5) is 5.13 Å². The van der Waals surface area contributed by atoms with E-state index in [1.54, 1.807) is 0 Å². The Morgan fingerprint density at radius 1 is 1.26 bits per heavy atom. The molecule has 23 heavy (non-hydrogen) atoms. The van der Waals surface area contributed by atoms with Crippen molar-refractivity contribution in [2.24, 2.45) is 0 Å². The number of anilines is 1. The molecule has 0 saturated heterocycles. The van der Waals surface area contributed by atoms with E-state index in [9.17, 15) is 4.79 Å². The van der Waals surface area contributed by atoms with Gasteiger partial charge in [0.2, 0.25) is 11.0 Å². The summed E-state index contributed by atoms with van der Waals surface area (Å²) in [6.07, 6.45) is 0.683. The van der Waals surface area contributed by atoms with Crippen molar-refractivity contribution in [1.82, 2.24) is 20.2 Å². The molecule has 0 aliphatic rings. The second kappa shape index (κ2) is 7.83. The average molecular weight is 352 g/mol. The molecule has 0 bridgehead atoms. The molecule has 0 unspecified atom stereocenters. The topological polar surface area (TPSA) is 80.7 Å². The predicted molar refractivity (Wildman–Crippen MR) is 94.1 cm³/mol. The van der Waals surface area contributed by atoms with Gasteiger partial charge in [0.25, 0.3) is 0 Å². The molecule has 1 N–H and O–H groups in total. The Hall–Kier alpha value is -1.54. The molecule has 6 nitrogen and oxygen atoms in total. The maximum absolute atomic E-state index is 12.4. The van der Waals surface area contributed by atoms with Crippen LogP contribution in [0, 0.1) is 13.8 Å². The van der Waals surface area contributed by atoms with Crippen molar-refractivity contribution in [3.63, 3.8) is 0 Å². The minimum atomic E-state index is -0.261. The second-order valence-corrected chi connectivity index (χ2v) is 7.72. The van der Waals surface area contributed by atoms with Crippen LogP contribution in [0.1, 0.15) is 49.5 Å². The van der Waals surface area contributed by atoms with Gasteiger partial charge >= 0.3 is 0 Å². The number of nitrogens with zero attached hydrogens (tertiary/aromatic N) is 4. The molecule has 0 aromatic carbocycles. The van der Waals surface area contributed by atoms with Gasteiger partial charge in [-0.25, -0.2) is 9.97 Å². The lowest BCUT2D eigenvalue weighted by atomic mass is 10.2. The molecule has 0 saturated carbocycles. The number of hydrogen-bond donors (Lipinski definition) is 1. The van der Waals surface area contributed by atoms with Gasteiger partial charge in [0, 0.05) is 17.3 Å². The zero-order valence-electron chi connectivity index (χ0n) is 14.0. The monoisotopic (exact) mass is 351 g/mol. The highest BCUT2D eigenvalue weighted by molar-refractivity contribution is 8.00. The summed E-state index contributed by atoms with van der Waals surface area (Å²) >= 11 is 2.79. The van der Waals surface area contributed by atoms with Gasteiger partial charge in [0.05, 0.1) is 5.25 Å². The van der Waals surface area contributed by atoms with Crippen molar-refractivity contribution in [2.75, 3.05) is 5.32 Å². The summed E-state index contributed by atoms with van der Waals surface area (Å²) in [5.41, 5.74) is 1.81. The molecule has 0 radical (unpaired) electrons. The maximum Gasteiger partial charge on any atom is 0.239 e. The Labute approximate surface area is 144 Å². The van der Waals surface area contributed by atoms with Gasteiger partial charge < -0.3 is 0 Å². The highest BCUT2D eigenvalue weighted by atomic mass is 32.2. The van der Waals surface area contributed by atoms with Crippen LogP contribution in [0.2, 0.25) is 0 Å². The first-order chi connectivity index (χ1) is 10.9. The minimum absolute atomic E-state index is 0.0910. The first kappa shape index (κ1) is 17.8. The SMILES string of the molecule is CC[C@@H](Sc1nc(C)cc(C)n1)C(=O)Nc1nnc(C(C)C)s1. The Bertz CT molecular complexity index is 666. The molecule has 0 aliphatic carbocycles. The zero-order chi connectivity index (χ0) is 17.0. The zero-order valence-corrected chi connectivity index (χ0v) is 15.6. The molecule has 0 aliphatic heterocycles. The Balaban J connectivity index is 2.05. The molecule has 2 heterocycles. The summed E-state index contributed by atoms with van der Waals surface area (Å²) in [5, 5.41) is 12.8. The van der Waals surface area contributed by atoms with E-state index < -0.39 is 0 Å². The summed E-state index contributed by atoms with van der Waals surface area (Å²) < 4.78 is 0. The molecule has 1 atom stereocenters. The van der Waals surface area contributed by atoms with Gasteiger partial charge in [-0.2, -0.15) is 0 Å². The Morgan fingerprint density at radius 3 is 2.43 bits per heavy atom. The molecular weight excluding hydrogens is 330 g/mol. The number of thioether (sulfide) groups is 1. The molecular formula is C15H21N5OS2. The van der Waals surface area contributed by atoms with E-state index in [0.29, 0.717) is 22.6 Å². The van der Waals surface area contributed by atoms with Crippen LogP contribution in [0.5, 0.6) is 0 Å². The molecule has 124 valence electrons. The highest BCUT2D eigenvalue weighted by Gasteiger charge is 2.21. The third-order valence-electron chi connectivity index (χ3n) is 3.04. The van der Waals surface area contributed by atoms with Crippen molar-refractivity contribution in [3.05, 3.63) is 22.5 Å². The third kappa shape index (κ3) is 4.97. The quantitative estimate of drug-likeness (QED) is 0.633. The van der Waals surface area contributed by atoms with E-state index in [4.69, 9.17) is 0 Å². The number of aryl methyl sites for hydroxylation is 2. The smallest absolute Gasteiger partial charge is 0.239 e. The Kier molecular flexibility index (Phi) is 6.06. The molecule has 8 heteroatoms. The van der Waals surface area contributed by atoms with E-state index in [-0.39, 0.29) is 11.2 Å². The number of amides is 1. The van der Waals surface area contributed by atoms with Gasteiger partial charge in [-0.1, -0.05) is 43.9 Å². The predicted octanol–water partition coefficient (Wildman–Crippen LogP) is 3.58. The number of aromatic nitrogens is 4. The lowest BCUT2D eigenvalue weighted by Gasteiger charge is -2.12. The summed E-state index contributed by atoms with van der Waals surface area (Å²) in [6.45, 7) is 9.92. The third-order valence-corrected chi connectivity index (χ3v) is 5.40. The number of carbonyl (C=O) groups is 1. The number of rotatable bonds is 6. The van der Waals surface area contributed by atoms with Gasteiger partial charge in [-0.15, -0.1) is 10.2 Å². The van der Waals surface area contributed by atoms with Crippen molar-refractivity contribution in [3.8, 4) is 0 Å². The van der Waals surface area contributed by atoms with Crippen LogP contribution in [-0.2, 0) is 4.79 Å². The second-order valence-electron chi connectivity index (χ2n) is 5.54. The normalized spacial score (nSPS) is 12.4. The van der Waals surface area contributed by atoms with E-state index in [1.165, 1.54) is 23.1 Å². The molecule has 0 fully saturated rings. The standard InChI is InChI=1S/C15H21N5OS2/c1-6-11(22-14-16-9(4)7-10(5)17-14)12(21)18-15-20-19-13(23-15)8(2)3/h7-8,11H,6H2,1-5H3,(H,18,20,21)/t11-/m1/s1. The first-order valence-electron chi connectivity index (χ1n) is 7.52. The Morgan fingerprint density at radius 2 is 1.91 bits per heavy atom. The number of nitrogens with one attached hydrogen (secondary N) is 1. The highest BCUT2D eigenvalue weighted by Crippen LogP contribution is 2.26. The van der Waals surface area contributed by atoms with E-state index >= 15 is 0 Å². The molecule has 0 spiro atoms. The van der Waals surface area contributed by atoms with Gasteiger partial charge in [-0.05, 0) is 26.3 Å². The summed E-state index contributed by atoms with van der Waals surface area (Å²) in [7, 11) is 0. The van der Waals surface area contributed by atoms with Gasteiger partial charge in [0.1, 0.15) is 5.01 Å². The van der Waals surface area contributed by atoms with Crippen molar-refractivity contribution in [1.29, 1.82) is 0 Å². The first-order valence-corrected chi connectivity index (χ1v) is 9.21. The van der Waals surface area contributed by atoms with Crippen LogP contribution in [0.3, 0.4) is 0 Å². The molecule has 2 rings (SSSR count). The largest absolute Gasteiger partial charge is 0.300 e. The van der Waals surface area contributed by atoms with Gasteiger partial charge in [-0.3, -0.25) is 10.1 Å². The minimum Gasteiger partial charge on any atom is -0.300 e. The van der Waals surface area contributed by atoms with Crippen LogP contribution >= 0.6 is 23.1 Å². The van der Waals surface area contributed by atoms with Crippen LogP contribution < -0.4 is 5.32 Å². The lowest BCUT2D eigenvalue weighted by Crippen LogP contribution is -2.24. The lowest BCUT2D eigenvalue weighted by molar-refractivity contribution is -0.115. The van der Waals surface area contributed by atoms with E-state index in [2.05, 4.69) is 25.5 Å². The van der Waals surface area contributed by atoms with E-state index in [0.717, 1.165) is 16.4 Å². The van der Waals surface area contributed by atoms with Crippen LogP contribution in [-0.4, -0.2) is 31.3 Å². The summed E-state index contributed by atoms with van der Waals surface area (Å²) in [4.78, 5) is 21.2. The maximum atomic E-state index is 12.4. The van der Waals surface area contributed by atoms with Crippen molar-refractivity contribution < 1.29 is 4.79 Å². The molecule has 2 aromatic rings. The van der Waals surface area contributed by atoms with Crippen LogP contribution in [0.25, 0.3) is 0 Å². The summed E-state index contributed by atoms with van der Waals surface area (Å²) in [6, 6.07) is 1.92. The summed E-state index contributed by atoms with van der Waals surface area (Å²) in [5.74, 6) is 0.213. The fraction of sp³-hybridized carbons (Fsp3) is 0.533. The molecule has 2 aromatic heterocycles.